The van der Waals surface area contributed by atoms with E-state index >= 15 is 0 Å². The van der Waals surface area contributed by atoms with Gasteiger partial charge in [-0.2, -0.15) is 0 Å². The molecule has 0 amide bonds. The average molecular weight is 377 g/mol. The molecule has 4 rings (SSSR count). The van der Waals surface area contributed by atoms with Crippen LogP contribution in [0.25, 0.3) is 22.6 Å². The molecule has 0 unspecified atom stereocenters. The number of rotatable bonds is 6. The third kappa shape index (κ3) is 3.63. The number of benzene rings is 1. The van der Waals surface area contributed by atoms with E-state index in [-0.39, 0.29) is 5.78 Å². The fourth-order valence-corrected chi connectivity index (χ4v) is 3.92. The number of carbonyl (C=O) groups excluding carboxylic acids is 1. The van der Waals surface area contributed by atoms with Crippen LogP contribution in [0.1, 0.15) is 68.8 Å². The van der Waals surface area contributed by atoms with E-state index in [0.717, 1.165) is 35.5 Å². The zero-order valence-electron chi connectivity index (χ0n) is 16.6. The van der Waals surface area contributed by atoms with E-state index in [9.17, 15) is 4.79 Å². The summed E-state index contributed by atoms with van der Waals surface area (Å²) in [5, 5.41) is 3.41. The summed E-state index contributed by atoms with van der Waals surface area (Å²) < 4.78 is 2.23. The zero-order chi connectivity index (χ0) is 19.5. The molecule has 2 aromatic heterocycles. The standard InChI is InChI=1S/C22H27N5O/c1-3-12-23-21-19-22(27(14-24-19)18-10-5-4-6-11-18)26-20(25-21)17-9-7-8-16(13-17)15(2)28/h7-9,13-14,18H,3-6,10-12H2,1-2H3,(H,23,25,26). The summed E-state index contributed by atoms with van der Waals surface area (Å²) in [5.74, 6) is 1.44. The van der Waals surface area contributed by atoms with Gasteiger partial charge in [0.05, 0.1) is 6.33 Å². The number of carbonyl (C=O) groups is 1. The van der Waals surface area contributed by atoms with Gasteiger partial charge in [0.2, 0.25) is 0 Å². The Hall–Kier alpha value is -2.76. The Balaban J connectivity index is 1.84. The van der Waals surface area contributed by atoms with Gasteiger partial charge in [-0.15, -0.1) is 0 Å². The molecule has 1 saturated carbocycles. The Morgan fingerprint density at radius 2 is 2.04 bits per heavy atom. The Bertz CT molecular complexity index is 988. The van der Waals surface area contributed by atoms with E-state index in [1.54, 1.807) is 6.92 Å². The van der Waals surface area contributed by atoms with Crippen molar-refractivity contribution in [1.29, 1.82) is 0 Å². The first kappa shape index (κ1) is 18.6. The summed E-state index contributed by atoms with van der Waals surface area (Å²) in [6.07, 6.45) is 9.08. The van der Waals surface area contributed by atoms with Crippen molar-refractivity contribution in [3.63, 3.8) is 0 Å². The number of Topliss-reactive ketones (excluding diaryl/α,β-unsaturated/α-hetero) is 1. The van der Waals surface area contributed by atoms with Crippen LogP contribution in [-0.2, 0) is 0 Å². The van der Waals surface area contributed by atoms with E-state index < -0.39 is 0 Å². The van der Waals surface area contributed by atoms with E-state index in [0.29, 0.717) is 17.4 Å². The quantitative estimate of drug-likeness (QED) is 0.610. The van der Waals surface area contributed by atoms with Gasteiger partial charge in [-0.3, -0.25) is 4.79 Å². The fourth-order valence-electron chi connectivity index (χ4n) is 3.92. The molecule has 146 valence electrons. The van der Waals surface area contributed by atoms with Crippen molar-refractivity contribution in [3.8, 4) is 11.4 Å². The monoisotopic (exact) mass is 377 g/mol. The maximum absolute atomic E-state index is 11.8. The first-order valence-electron chi connectivity index (χ1n) is 10.3. The summed E-state index contributed by atoms with van der Waals surface area (Å²) in [6, 6.07) is 7.99. The molecule has 0 bridgehead atoms. The Morgan fingerprint density at radius 1 is 1.21 bits per heavy atom. The molecule has 1 fully saturated rings. The van der Waals surface area contributed by atoms with Crippen LogP contribution in [0.3, 0.4) is 0 Å². The summed E-state index contributed by atoms with van der Waals surface area (Å²) >= 11 is 0. The highest BCUT2D eigenvalue weighted by atomic mass is 16.1. The second-order valence-corrected chi connectivity index (χ2v) is 7.58. The van der Waals surface area contributed by atoms with Crippen molar-refractivity contribution in [2.24, 2.45) is 0 Å². The van der Waals surface area contributed by atoms with Crippen LogP contribution in [0, 0.1) is 0 Å². The summed E-state index contributed by atoms with van der Waals surface area (Å²) in [5.41, 5.74) is 3.23. The fraction of sp³-hybridized carbons (Fsp3) is 0.455. The first-order valence-corrected chi connectivity index (χ1v) is 10.3. The molecule has 0 saturated heterocycles. The molecule has 0 radical (unpaired) electrons. The minimum absolute atomic E-state index is 0.0412. The molecule has 1 aliphatic carbocycles. The van der Waals surface area contributed by atoms with Crippen molar-refractivity contribution >= 4 is 22.8 Å². The predicted molar refractivity (Wildman–Crippen MR) is 112 cm³/mol. The molecule has 3 aromatic rings. The SMILES string of the molecule is CCCNc1nc(-c2cccc(C(C)=O)c2)nc2c1ncn2C1CCCCC1. The highest BCUT2D eigenvalue weighted by Crippen LogP contribution is 2.32. The molecule has 0 aliphatic heterocycles. The molecule has 1 aliphatic rings. The highest BCUT2D eigenvalue weighted by molar-refractivity contribution is 5.95. The Kier molecular flexibility index (Phi) is 5.37. The molecular formula is C22H27N5O. The maximum Gasteiger partial charge on any atom is 0.166 e. The van der Waals surface area contributed by atoms with Crippen LogP contribution in [-0.4, -0.2) is 31.8 Å². The second-order valence-electron chi connectivity index (χ2n) is 7.58. The topological polar surface area (TPSA) is 72.7 Å². The van der Waals surface area contributed by atoms with Crippen LogP contribution in [0.5, 0.6) is 0 Å². The van der Waals surface area contributed by atoms with Gasteiger partial charge in [0, 0.05) is 23.7 Å². The number of nitrogens with zero attached hydrogens (tertiary/aromatic N) is 4. The Labute approximate surface area is 165 Å². The van der Waals surface area contributed by atoms with Crippen molar-refractivity contribution in [2.75, 3.05) is 11.9 Å². The van der Waals surface area contributed by atoms with Gasteiger partial charge in [-0.05, 0) is 32.3 Å². The van der Waals surface area contributed by atoms with Gasteiger partial charge in [0.25, 0.3) is 0 Å². The predicted octanol–water partition coefficient (Wildman–Crippen LogP) is 5.02. The number of imidazole rings is 1. The number of nitrogens with one attached hydrogen (secondary N) is 1. The van der Waals surface area contributed by atoms with Gasteiger partial charge in [-0.1, -0.05) is 44.4 Å². The summed E-state index contributed by atoms with van der Waals surface area (Å²) in [7, 11) is 0. The number of aromatic nitrogens is 4. The van der Waals surface area contributed by atoms with Crippen molar-refractivity contribution in [1.82, 2.24) is 19.5 Å². The summed E-state index contributed by atoms with van der Waals surface area (Å²) in [6.45, 7) is 4.54. The van der Waals surface area contributed by atoms with Crippen LogP contribution in [0.15, 0.2) is 30.6 Å². The summed E-state index contributed by atoms with van der Waals surface area (Å²) in [4.78, 5) is 26.1. The smallest absolute Gasteiger partial charge is 0.166 e. The average Bonchev–Trinajstić information content (AvgIpc) is 3.17. The lowest BCUT2D eigenvalue weighted by Crippen LogP contribution is -2.13. The first-order chi connectivity index (χ1) is 13.7. The lowest BCUT2D eigenvalue weighted by atomic mass is 9.95. The van der Waals surface area contributed by atoms with Gasteiger partial charge < -0.3 is 9.88 Å². The minimum atomic E-state index is 0.0412. The lowest BCUT2D eigenvalue weighted by molar-refractivity contribution is 0.101. The molecule has 6 nitrogen and oxygen atoms in total. The number of anilines is 1. The minimum Gasteiger partial charge on any atom is -0.368 e. The van der Waals surface area contributed by atoms with Crippen molar-refractivity contribution in [2.45, 2.75) is 58.4 Å². The molecule has 0 spiro atoms. The van der Waals surface area contributed by atoms with Gasteiger partial charge in [-0.25, -0.2) is 15.0 Å². The molecule has 1 N–H and O–H groups in total. The van der Waals surface area contributed by atoms with Crippen LogP contribution in [0.2, 0.25) is 0 Å². The molecule has 28 heavy (non-hydrogen) atoms. The highest BCUT2D eigenvalue weighted by Gasteiger charge is 2.21. The molecular weight excluding hydrogens is 350 g/mol. The third-order valence-corrected chi connectivity index (χ3v) is 5.46. The Morgan fingerprint density at radius 3 is 2.79 bits per heavy atom. The normalized spacial score (nSPS) is 15.1. The molecule has 0 atom stereocenters. The van der Waals surface area contributed by atoms with E-state index in [4.69, 9.17) is 9.97 Å². The van der Waals surface area contributed by atoms with Crippen molar-refractivity contribution < 1.29 is 4.79 Å². The zero-order valence-corrected chi connectivity index (χ0v) is 16.6. The van der Waals surface area contributed by atoms with E-state index in [1.807, 2.05) is 30.6 Å². The number of hydrogen-bond donors (Lipinski definition) is 1. The second kappa shape index (κ2) is 8.09. The van der Waals surface area contributed by atoms with E-state index in [1.165, 1.54) is 32.1 Å². The third-order valence-electron chi connectivity index (χ3n) is 5.46. The number of ketones is 1. The van der Waals surface area contributed by atoms with Gasteiger partial charge in [0.1, 0.15) is 5.52 Å². The molecule has 2 heterocycles. The van der Waals surface area contributed by atoms with Gasteiger partial charge >= 0.3 is 0 Å². The maximum atomic E-state index is 11.8. The number of hydrogen-bond acceptors (Lipinski definition) is 5. The lowest BCUT2D eigenvalue weighted by Gasteiger charge is -2.23. The van der Waals surface area contributed by atoms with Gasteiger partial charge in [0.15, 0.2) is 23.1 Å². The largest absolute Gasteiger partial charge is 0.368 e. The molecule has 6 heteroatoms. The van der Waals surface area contributed by atoms with E-state index in [2.05, 4.69) is 21.8 Å². The van der Waals surface area contributed by atoms with Crippen LogP contribution < -0.4 is 5.32 Å². The van der Waals surface area contributed by atoms with Crippen LogP contribution in [0.4, 0.5) is 5.82 Å². The van der Waals surface area contributed by atoms with Crippen molar-refractivity contribution in [3.05, 3.63) is 36.2 Å². The van der Waals surface area contributed by atoms with Crippen LogP contribution >= 0.6 is 0 Å². The molecule has 1 aromatic carbocycles. The number of fused-ring (bicyclic) bond motifs is 1.